The maximum atomic E-state index is 10.8. The van der Waals surface area contributed by atoms with Gasteiger partial charge in [-0.1, -0.05) is 26.0 Å². The van der Waals surface area contributed by atoms with Crippen molar-refractivity contribution in [1.29, 1.82) is 0 Å². The van der Waals surface area contributed by atoms with Crippen LogP contribution in [0.15, 0.2) is 24.3 Å². The van der Waals surface area contributed by atoms with Crippen LogP contribution in [-0.4, -0.2) is 34.3 Å². The standard InChI is InChI=1S/C21H28N4OS/c1-5-21(26,6-2)14-8-7-13-9-17(22-16(13)10-14)19-20-18(23-24-19)11-15(27-20)12-25(3)4/h7-8,10-11,17,22,26H,5-6,9,12H2,1-4H3,(H,23,24). The van der Waals surface area contributed by atoms with Crippen LogP contribution >= 0.6 is 11.3 Å². The number of aromatic nitrogens is 2. The van der Waals surface area contributed by atoms with Gasteiger partial charge in [-0.15, -0.1) is 11.3 Å². The van der Waals surface area contributed by atoms with E-state index in [4.69, 9.17) is 0 Å². The summed E-state index contributed by atoms with van der Waals surface area (Å²) in [4.78, 5) is 3.53. The number of anilines is 1. The zero-order valence-corrected chi connectivity index (χ0v) is 17.3. The molecule has 0 bridgehead atoms. The molecule has 3 N–H and O–H groups in total. The topological polar surface area (TPSA) is 64.2 Å². The summed E-state index contributed by atoms with van der Waals surface area (Å²) < 4.78 is 1.25. The van der Waals surface area contributed by atoms with Gasteiger partial charge in [0, 0.05) is 23.5 Å². The number of fused-ring (bicyclic) bond motifs is 2. The molecule has 4 rings (SSSR count). The lowest BCUT2D eigenvalue weighted by molar-refractivity contribution is 0.0284. The zero-order valence-electron chi connectivity index (χ0n) is 16.5. The third-order valence-corrected chi connectivity index (χ3v) is 6.83. The van der Waals surface area contributed by atoms with Crippen molar-refractivity contribution in [1.82, 2.24) is 15.1 Å². The first-order valence-electron chi connectivity index (χ1n) is 9.67. The van der Waals surface area contributed by atoms with Crippen LogP contribution in [0.3, 0.4) is 0 Å². The fourth-order valence-electron chi connectivity index (χ4n) is 3.97. The van der Waals surface area contributed by atoms with Crippen molar-refractivity contribution >= 4 is 27.2 Å². The van der Waals surface area contributed by atoms with Gasteiger partial charge in [0.15, 0.2) is 0 Å². The minimum atomic E-state index is -0.747. The second-order valence-electron chi connectivity index (χ2n) is 7.81. The second kappa shape index (κ2) is 6.93. The molecular formula is C21H28N4OS. The Balaban J connectivity index is 1.61. The molecule has 1 aliphatic rings. The minimum Gasteiger partial charge on any atom is -0.385 e. The molecule has 1 atom stereocenters. The first-order valence-corrected chi connectivity index (χ1v) is 10.5. The molecule has 0 spiro atoms. The lowest BCUT2D eigenvalue weighted by Crippen LogP contribution is -2.23. The van der Waals surface area contributed by atoms with Crippen LogP contribution in [0.2, 0.25) is 0 Å². The monoisotopic (exact) mass is 384 g/mol. The summed E-state index contributed by atoms with van der Waals surface area (Å²) in [6, 6.07) is 8.74. The summed E-state index contributed by atoms with van der Waals surface area (Å²) in [7, 11) is 4.18. The Kier molecular flexibility index (Phi) is 4.74. The normalized spacial score (nSPS) is 16.9. The van der Waals surface area contributed by atoms with E-state index in [0.29, 0.717) is 0 Å². The van der Waals surface area contributed by atoms with E-state index in [2.05, 4.69) is 58.8 Å². The summed E-state index contributed by atoms with van der Waals surface area (Å²) in [5.74, 6) is 0. The molecule has 6 heteroatoms. The van der Waals surface area contributed by atoms with Gasteiger partial charge in [0.05, 0.1) is 21.9 Å². The molecule has 3 aromatic rings. The molecule has 5 nitrogen and oxygen atoms in total. The van der Waals surface area contributed by atoms with Gasteiger partial charge in [0.25, 0.3) is 0 Å². The number of aliphatic hydroxyl groups is 1. The molecule has 1 unspecified atom stereocenters. The Morgan fingerprint density at radius 3 is 2.74 bits per heavy atom. The lowest BCUT2D eigenvalue weighted by Gasteiger charge is -2.26. The van der Waals surface area contributed by atoms with E-state index < -0.39 is 5.60 Å². The molecule has 0 saturated heterocycles. The van der Waals surface area contributed by atoms with E-state index in [-0.39, 0.29) is 6.04 Å². The highest BCUT2D eigenvalue weighted by Gasteiger charge is 2.30. The van der Waals surface area contributed by atoms with Gasteiger partial charge >= 0.3 is 0 Å². The van der Waals surface area contributed by atoms with Gasteiger partial charge < -0.3 is 15.3 Å². The quantitative estimate of drug-likeness (QED) is 0.589. The van der Waals surface area contributed by atoms with Crippen LogP contribution in [0.1, 0.15) is 54.4 Å². The highest BCUT2D eigenvalue weighted by molar-refractivity contribution is 7.19. The van der Waals surface area contributed by atoms with Crippen LogP contribution in [-0.2, 0) is 18.6 Å². The number of rotatable bonds is 6. The number of thiophene rings is 1. The fraction of sp³-hybridized carbons (Fsp3) is 0.476. The lowest BCUT2D eigenvalue weighted by atomic mass is 9.88. The number of H-pyrrole nitrogens is 1. The summed E-state index contributed by atoms with van der Waals surface area (Å²) in [6.45, 7) is 5.02. The molecule has 144 valence electrons. The zero-order chi connectivity index (χ0) is 19.2. The van der Waals surface area contributed by atoms with E-state index >= 15 is 0 Å². The van der Waals surface area contributed by atoms with E-state index in [1.54, 1.807) is 0 Å². The maximum absolute atomic E-state index is 10.8. The number of hydrogen-bond donors (Lipinski definition) is 3. The third-order valence-electron chi connectivity index (χ3n) is 5.69. The summed E-state index contributed by atoms with van der Waals surface area (Å²) in [5, 5.41) is 22.3. The van der Waals surface area contributed by atoms with E-state index in [1.807, 2.05) is 25.2 Å². The van der Waals surface area contributed by atoms with E-state index in [9.17, 15) is 5.11 Å². The van der Waals surface area contributed by atoms with Crippen molar-refractivity contribution in [3.63, 3.8) is 0 Å². The van der Waals surface area contributed by atoms with Gasteiger partial charge in [0.2, 0.25) is 0 Å². The summed E-state index contributed by atoms with van der Waals surface area (Å²) in [6.07, 6.45) is 2.36. The first-order chi connectivity index (χ1) is 12.9. The Bertz CT molecular complexity index is 954. The molecule has 1 aliphatic heterocycles. The van der Waals surface area contributed by atoms with Gasteiger partial charge in [-0.05, 0) is 50.2 Å². The predicted octanol–water partition coefficient (Wildman–Crippen LogP) is 4.40. The molecule has 0 amide bonds. The number of benzene rings is 1. The Hall–Kier alpha value is -1.89. The first kappa shape index (κ1) is 18.5. The Labute approximate surface area is 164 Å². The molecule has 27 heavy (non-hydrogen) atoms. The fourth-order valence-corrected chi connectivity index (χ4v) is 5.24. The van der Waals surface area contributed by atoms with Crippen molar-refractivity contribution < 1.29 is 5.11 Å². The van der Waals surface area contributed by atoms with Crippen LogP contribution < -0.4 is 5.32 Å². The Morgan fingerprint density at radius 1 is 1.26 bits per heavy atom. The molecule has 0 radical (unpaired) electrons. The number of nitrogens with zero attached hydrogens (tertiary/aromatic N) is 2. The summed E-state index contributed by atoms with van der Waals surface area (Å²) in [5.41, 5.74) is 4.88. The Morgan fingerprint density at radius 2 is 2.04 bits per heavy atom. The molecule has 0 fully saturated rings. The van der Waals surface area contributed by atoms with Crippen LogP contribution in [0, 0.1) is 0 Å². The SMILES string of the molecule is CCC(O)(CC)c1ccc2c(c1)NC(c1n[nH]c3cc(CN(C)C)sc13)C2. The molecule has 0 aliphatic carbocycles. The van der Waals surface area contributed by atoms with Crippen molar-refractivity contribution in [2.75, 3.05) is 19.4 Å². The maximum Gasteiger partial charge on any atom is 0.103 e. The molecule has 3 heterocycles. The van der Waals surface area contributed by atoms with Crippen molar-refractivity contribution in [2.24, 2.45) is 0 Å². The molecule has 1 aromatic carbocycles. The third kappa shape index (κ3) is 3.26. The number of hydrogen-bond acceptors (Lipinski definition) is 5. The van der Waals surface area contributed by atoms with Crippen LogP contribution in [0.4, 0.5) is 5.69 Å². The number of nitrogens with one attached hydrogen (secondary N) is 2. The van der Waals surface area contributed by atoms with Gasteiger partial charge in [-0.3, -0.25) is 5.10 Å². The average Bonchev–Trinajstić information content (AvgIpc) is 3.32. The highest BCUT2D eigenvalue weighted by Crippen LogP contribution is 2.40. The van der Waals surface area contributed by atoms with E-state index in [1.165, 1.54) is 15.1 Å². The molecular weight excluding hydrogens is 356 g/mol. The van der Waals surface area contributed by atoms with Crippen molar-refractivity contribution in [3.05, 3.63) is 46.0 Å². The van der Waals surface area contributed by atoms with Gasteiger partial charge in [-0.25, -0.2) is 0 Å². The smallest absolute Gasteiger partial charge is 0.103 e. The van der Waals surface area contributed by atoms with E-state index in [0.717, 1.165) is 48.3 Å². The molecule has 0 saturated carbocycles. The number of aromatic amines is 1. The largest absolute Gasteiger partial charge is 0.385 e. The summed E-state index contributed by atoms with van der Waals surface area (Å²) >= 11 is 1.82. The minimum absolute atomic E-state index is 0.172. The van der Waals surface area contributed by atoms with Crippen molar-refractivity contribution in [3.8, 4) is 0 Å². The van der Waals surface area contributed by atoms with Crippen LogP contribution in [0.25, 0.3) is 10.2 Å². The average molecular weight is 385 g/mol. The molecule has 2 aromatic heterocycles. The van der Waals surface area contributed by atoms with Gasteiger partial charge in [-0.2, -0.15) is 5.10 Å². The van der Waals surface area contributed by atoms with Crippen LogP contribution in [0.5, 0.6) is 0 Å². The highest BCUT2D eigenvalue weighted by atomic mass is 32.1. The van der Waals surface area contributed by atoms with Crippen molar-refractivity contribution in [2.45, 2.75) is 51.3 Å². The predicted molar refractivity (Wildman–Crippen MR) is 112 cm³/mol. The van der Waals surface area contributed by atoms with Gasteiger partial charge in [0.1, 0.15) is 5.69 Å². The second-order valence-corrected chi connectivity index (χ2v) is 8.95.